The number of aryl methyl sites for hydroxylation is 1. The highest BCUT2D eigenvalue weighted by atomic mass is 32.2. The van der Waals surface area contributed by atoms with Crippen LogP contribution in [0.2, 0.25) is 0 Å². The number of rotatable bonds is 5. The molecule has 1 aromatic heterocycles. The maximum absolute atomic E-state index is 13.0. The fraction of sp³-hybridized carbons (Fsp3) is 0.200. The lowest BCUT2D eigenvalue weighted by molar-refractivity contribution is 0.0997. The highest BCUT2D eigenvalue weighted by Gasteiger charge is 2.22. The fourth-order valence-electron chi connectivity index (χ4n) is 3.85. The van der Waals surface area contributed by atoms with Gasteiger partial charge in [-0.3, -0.25) is 9.10 Å². The van der Waals surface area contributed by atoms with E-state index in [2.05, 4.69) is 4.99 Å². The monoisotopic (exact) mass is 509 g/mol. The summed E-state index contributed by atoms with van der Waals surface area (Å²) in [6.45, 7) is 3.60. The van der Waals surface area contributed by atoms with E-state index < -0.39 is 15.9 Å². The summed E-state index contributed by atoms with van der Waals surface area (Å²) in [6.07, 6.45) is 0. The highest BCUT2D eigenvalue weighted by Crippen LogP contribution is 2.35. The standard InChI is InChI=1S/C25H23N3O5S2/c1-3-28-20-15-21-22(33-14-13-32-21)16-23(20)34-25(28)26-24(29)17-9-11-19(12-10-17)35(30,31)27(2)18-7-5-4-6-8-18/h4-12,15-16H,3,13-14H2,1-2H3. The minimum atomic E-state index is -3.76. The van der Waals surface area contributed by atoms with Crippen LogP contribution < -0.4 is 18.6 Å². The van der Waals surface area contributed by atoms with Gasteiger partial charge < -0.3 is 14.0 Å². The van der Waals surface area contributed by atoms with E-state index >= 15 is 0 Å². The smallest absolute Gasteiger partial charge is 0.279 e. The van der Waals surface area contributed by atoms with Gasteiger partial charge in [-0.05, 0) is 43.3 Å². The van der Waals surface area contributed by atoms with Gasteiger partial charge in [-0.1, -0.05) is 29.5 Å². The normalized spacial score (nSPS) is 13.7. The van der Waals surface area contributed by atoms with Crippen molar-refractivity contribution in [3.63, 3.8) is 0 Å². The molecule has 10 heteroatoms. The fourth-order valence-corrected chi connectivity index (χ4v) is 6.15. The van der Waals surface area contributed by atoms with E-state index in [-0.39, 0.29) is 4.90 Å². The third-order valence-corrected chi connectivity index (χ3v) is 8.58. The number of thiazole rings is 1. The van der Waals surface area contributed by atoms with E-state index in [0.717, 1.165) is 10.2 Å². The minimum Gasteiger partial charge on any atom is -0.486 e. The summed E-state index contributed by atoms with van der Waals surface area (Å²) in [5.41, 5.74) is 1.77. The van der Waals surface area contributed by atoms with Gasteiger partial charge in [-0.25, -0.2) is 8.42 Å². The van der Waals surface area contributed by atoms with E-state index in [9.17, 15) is 13.2 Å². The number of aromatic nitrogens is 1. The van der Waals surface area contributed by atoms with Crippen molar-refractivity contribution in [2.24, 2.45) is 4.99 Å². The average Bonchev–Trinajstić information content (AvgIpc) is 3.22. The van der Waals surface area contributed by atoms with Gasteiger partial charge in [0.2, 0.25) is 0 Å². The van der Waals surface area contributed by atoms with Crippen LogP contribution in [0.4, 0.5) is 5.69 Å². The van der Waals surface area contributed by atoms with Gasteiger partial charge in [0.15, 0.2) is 16.3 Å². The number of benzene rings is 3. The number of sulfonamides is 1. The summed E-state index contributed by atoms with van der Waals surface area (Å²) in [4.78, 5) is 17.9. The Labute approximate surface area is 206 Å². The van der Waals surface area contributed by atoms with Crippen LogP contribution in [0.25, 0.3) is 10.2 Å². The third-order valence-electron chi connectivity index (χ3n) is 5.74. The molecule has 35 heavy (non-hydrogen) atoms. The molecule has 2 heterocycles. The quantitative estimate of drug-likeness (QED) is 0.405. The molecule has 1 aliphatic heterocycles. The lowest BCUT2D eigenvalue weighted by Gasteiger charge is -2.19. The summed E-state index contributed by atoms with van der Waals surface area (Å²) in [6, 6.07) is 18.5. The molecule has 0 unspecified atom stereocenters. The Morgan fingerprint density at radius 2 is 1.69 bits per heavy atom. The van der Waals surface area contributed by atoms with Gasteiger partial charge in [0.1, 0.15) is 13.2 Å². The number of para-hydroxylation sites is 1. The molecule has 1 amide bonds. The molecule has 0 aliphatic carbocycles. The number of nitrogens with zero attached hydrogens (tertiary/aromatic N) is 3. The van der Waals surface area contributed by atoms with E-state index in [1.54, 1.807) is 24.3 Å². The van der Waals surface area contributed by atoms with Crippen molar-refractivity contribution in [2.45, 2.75) is 18.4 Å². The number of carbonyl (C=O) groups is 1. The van der Waals surface area contributed by atoms with Crippen molar-refractivity contribution in [3.05, 3.63) is 77.1 Å². The number of hydrogen-bond acceptors (Lipinski definition) is 6. The van der Waals surface area contributed by atoms with Crippen molar-refractivity contribution < 1.29 is 22.7 Å². The summed E-state index contributed by atoms with van der Waals surface area (Å²) >= 11 is 1.39. The van der Waals surface area contributed by atoms with E-state index in [1.165, 1.54) is 47.0 Å². The Bertz CT molecular complexity index is 1570. The maximum atomic E-state index is 13.0. The van der Waals surface area contributed by atoms with Crippen LogP contribution in [0.3, 0.4) is 0 Å². The second-order valence-corrected chi connectivity index (χ2v) is 10.8. The molecule has 8 nitrogen and oxygen atoms in total. The molecular formula is C25H23N3O5S2. The SMILES string of the molecule is CCn1c(=NC(=O)c2ccc(S(=O)(=O)N(C)c3ccccc3)cc2)sc2cc3c(cc21)OCCO3. The molecule has 0 spiro atoms. The number of ether oxygens (including phenoxy) is 2. The topological polar surface area (TPSA) is 90.2 Å². The maximum Gasteiger partial charge on any atom is 0.279 e. The molecule has 0 saturated carbocycles. The number of carbonyl (C=O) groups excluding carboxylic acids is 1. The second kappa shape index (κ2) is 9.20. The van der Waals surface area contributed by atoms with Crippen LogP contribution in [-0.4, -0.2) is 39.2 Å². The lowest BCUT2D eigenvalue weighted by Crippen LogP contribution is -2.26. The summed E-state index contributed by atoms with van der Waals surface area (Å²) in [5.74, 6) is 0.915. The molecule has 0 fully saturated rings. The van der Waals surface area contributed by atoms with Crippen LogP contribution in [0.1, 0.15) is 17.3 Å². The van der Waals surface area contributed by atoms with Gasteiger partial charge >= 0.3 is 0 Å². The minimum absolute atomic E-state index is 0.0940. The summed E-state index contributed by atoms with van der Waals surface area (Å²) in [7, 11) is -2.27. The zero-order valence-corrected chi connectivity index (χ0v) is 20.8. The van der Waals surface area contributed by atoms with Gasteiger partial charge in [0.25, 0.3) is 15.9 Å². The predicted molar refractivity (Wildman–Crippen MR) is 135 cm³/mol. The van der Waals surface area contributed by atoms with Gasteiger partial charge in [0, 0.05) is 31.3 Å². The zero-order valence-electron chi connectivity index (χ0n) is 19.2. The summed E-state index contributed by atoms with van der Waals surface area (Å²) < 4.78 is 41.4. The van der Waals surface area contributed by atoms with Crippen molar-refractivity contribution in [1.29, 1.82) is 0 Å². The second-order valence-electron chi connectivity index (χ2n) is 7.84. The number of fused-ring (bicyclic) bond motifs is 2. The van der Waals surface area contributed by atoms with Gasteiger partial charge in [0.05, 0.1) is 20.8 Å². The Morgan fingerprint density at radius 1 is 1.03 bits per heavy atom. The molecule has 1 aliphatic rings. The van der Waals surface area contributed by atoms with E-state index in [4.69, 9.17) is 9.47 Å². The first-order valence-corrected chi connectivity index (χ1v) is 13.3. The Hall–Kier alpha value is -3.63. The van der Waals surface area contributed by atoms with Gasteiger partial charge in [-0.15, -0.1) is 0 Å². The third kappa shape index (κ3) is 4.30. The number of amides is 1. The first-order valence-electron chi connectivity index (χ1n) is 11.0. The molecule has 0 bridgehead atoms. The van der Waals surface area contributed by atoms with Crippen molar-refractivity contribution in [2.75, 3.05) is 24.6 Å². The first kappa shape index (κ1) is 23.1. The van der Waals surface area contributed by atoms with Crippen molar-refractivity contribution in [3.8, 4) is 11.5 Å². The van der Waals surface area contributed by atoms with Crippen LogP contribution in [0, 0.1) is 0 Å². The highest BCUT2D eigenvalue weighted by molar-refractivity contribution is 7.92. The van der Waals surface area contributed by atoms with Gasteiger partial charge in [-0.2, -0.15) is 4.99 Å². The predicted octanol–water partition coefficient (Wildman–Crippen LogP) is 4.06. The molecule has 5 rings (SSSR count). The summed E-state index contributed by atoms with van der Waals surface area (Å²) in [5, 5.41) is 0. The molecule has 0 saturated heterocycles. The Morgan fingerprint density at radius 3 is 2.34 bits per heavy atom. The number of anilines is 1. The molecular weight excluding hydrogens is 486 g/mol. The number of hydrogen-bond donors (Lipinski definition) is 0. The average molecular weight is 510 g/mol. The van der Waals surface area contributed by atoms with E-state index in [1.807, 2.05) is 29.7 Å². The Balaban J connectivity index is 1.46. The van der Waals surface area contributed by atoms with Crippen molar-refractivity contribution in [1.82, 2.24) is 4.57 Å². The zero-order chi connectivity index (χ0) is 24.6. The van der Waals surface area contributed by atoms with E-state index in [0.29, 0.717) is 47.3 Å². The van der Waals surface area contributed by atoms with Crippen molar-refractivity contribution >= 4 is 43.2 Å². The molecule has 0 atom stereocenters. The lowest BCUT2D eigenvalue weighted by atomic mass is 10.2. The van der Waals surface area contributed by atoms with Crippen LogP contribution in [0.15, 0.2) is 76.6 Å². The molecule has 0 radical (unpaired) electrons. The van der Waals surface area contributed by atoms with Crippen LogP contribution >= 0.6 is 11.3 Å². The Kier molecular flexibility index (Phi) is 6.08. The molecule has 0 N–H and O–H groups in total. The molecule has 3 aromatic carbocycles. The molecule has 180 valence electrons. The largest absolute Gasteiger partial charge is 0.486 e. The first-order chi connectivity index (χ1) is 16.9. The van der Waals surface area contributed by atoms with Crippen LogP contribution in [-0.2, 0) is 16.6 Å². The van der Waals surface area contributed by atoms with Crippen LogP contribution in [0.5, 0.6) is 11.5 Å². The molecule has 4 aromatic rings.